The van der Waals surface area contributed by atoms with Crippen LogP contribution >= 0.6 is 0 Å². The van der Waals surface area contributed by atoms with Gasteiger partial charge in [-0.1, -0.05) is 6.92 Å². The van der Waals surface area contributed by atoms with Gasteiger partial charge in [0, 0.05) is 25.6 Å². The summed E-state index contributed by atoms with van der Waals surface area (Å²) in [6.07, 6.45) is 0.343. The number of nitrogens with one attached hydrogen (secondary N) is 1. The third kappa shape index (κ3) is 3.09. The molecule has 0 aliphatic heterocycles. The zero-order valence-electron chi connectivity index (χ0n) is 10.2. The fourth-order valence-corrected chi connectivity index (χ4v) is 2.65. The minimum absolute atomic E-state index is 0.0566. The first kappa shape index (κ1) is 14.7. The average Bonchev–Trinajstić information content (AvgIpc) is 2.80. The fraction of sp³-hybridized carbons (Fsp3) is 0.500. The Morgan fingerprint density at radius 3 is 2.72 bits per heavy atom. The lowest BCUT2D eigenvalue weighted by atomic mass is 10.3. The van der Waals surface area contributed by atoms with Gasteiger partial charge in [0.25, 0.3) is 0 Å². The number of hydrogen-bond acceptors (Lipinski definition) is 6. The van der Waals surface area contributed by atoms with Crippen LogP contribution in [0.2, 0.25) is 0 Å². The van der Waals surface area contributed by atoms with E-state index in [0.29, 0.717) is 6.42 Å². The Labute approximate surface area is 105 Å². The molecule has 1 heterocycles. The molecule has 1 aromatic rings. The van der Waals surface area contributed by atoms with Crippen molar-refractivity contribution in [1.82, 2.24) is 4.72 Å². The molecule has 7 nitrogen and oxygen atoms in total. The van der Waals surface area contributed by atoms with E-state index in [1.807, 2.05) is 0 Å². The number of hydrogen-bond donors (Lipinski definition) is 2. The SMILES string of the molecule is CCc1oc(C(=O)OC)cc1S(=O)(=O)NCCN. The standard InChI is InChI=1S/C10H16N2O5S/c1-3-7-9(18(14,15)12-5-4-11)6-8(17-7)10(13)16-2/h6,12H,3-5,11H2,1-2H3. The molecule has 18 heavy (non-hydrogen) atoms. The van der Waals surface area contributed by atoms with Crippen LogP contribution in [0, 0.1) is 0 Å². The molecule has 0 amide bonds. The first-order chi connectivity index (χ1) is 8.46. The lowest BCUT2D eigenvalue weighted by Crippen LogP contribution is -2.29. The van der Waals surface area contributed by atoms with Crippen molar-refractivity contribution in [2.75, 3.05) is 20.2 Å². The van der Waals surface area contributed by atoms with Gasteiger partial charge in [0.2, 0.25) is 15.8 Å². The molecule has 0 saturated carbocycles. The number of furan rings is 1. The molecule has 102 valence electrons. The lowest BCUT2D eigenvalue weighted by Gasteiger charge is -2.03. The highest BCUT2D eigenvalue weighted by Crippen LogP contribution is 2.21. The van der Waals surface area contributed by atoms with Crippen molar-refractivity contribution in [2.45, 2.75) is 18.2 Å². The average molecular weight is 276 g/mol. The van der Waals surface area contributed by atoms with Crippen LogP contribution in [0.3, 0.4) is 0 Å². The summed E-state index contributed by atoms with van der Waals surface area (Å²) in [5, 5.41) is 0. The summed E-state index contributed by atoms with van der Waals surface area (Å²) in [6, 6.07) is 1.16. The first-order valence-corrected chi connectivity index (χ1v) is 6.85. The monoisotopic (exact) mass is 276 g/mol. The van der Waals surface area contributed by atoms with Crippen LogP contribution in [-0.2, 0) is 21.2 Å². The van der Waals surface area contributed by atoms with Gasteiger partial charge >= 0.3 is 5.97 Å². The maximum absolute atomic E-state index is 11.9. The van der Waals surface area contributed by atoms with Gasteiger partial charge in [-0.25, -0.2) is 17.9 Å². The maximum Gasteiger partial charge on any atom is 0.373 e. The van der Waals surface area contributed by atoms with Gasteiger partial charge < -0.3 is 14.9 Å². The second-order valence-corrected chi connectivity index (χ2v) is 5.17. The summed E-state index contributed by atoms with van der Waals surface area (Å²) in [4.78, 5) is 11.2. The van der Waals surface area contributed by atoms with E-state index in [0.717, 1.165) is 6.07 Å². The summed E-state index contributed by atoms with van der Waals surface area (Å²) in [5.41, 5.74) is 5.23. The summed E-state index contributed by atoms with van der Waals surface area (Å²) in [6.45, 7) is 2.02. The van der Waals surface area contributed by atoms with Crippen LogP contribution in [0.5, 0.6) is 0 Å². The summed E-state index contributed by atoms with van der Waals surface area (Å²) < 4.78 is 35.8. The van der Waals surface area contributed by atoms with Crippen molar-refractivity contribution in [3.63, 3.8) is 0 Å². The van der Waals surface area contributed by atoms with Crippen molar-refractivity contribution >= 4 is 16.0 Å². The zero-order valence-corrected chi connectivity index (χ0v) is 11.0. The highest BCUT2D eigenvalue weighted by atomic mass is 32.2. The van der Waals surface area contributed by atoms with Crippen molar-refractivity contribution in [1.29, 1.82) is 0 Å². The van der Waals surface area contributed by atoms with E-state index in [9.17, 15) is 13.2 Å². The molecule has 0 aromatic carbocycles. The number of sulfonamides is 1. The largest absolute Gasteiger partial charge is 0.463 e. The highest BCUT2D eigenvalue weighted by Gasteiger charge is 2.25. The van der Waals surface area contributed by atoms with E-state index in [1.165, 1.54) is 7.11 Å². The minimum atomic E-state index is -3.72. The number of esters is 1. The van der Waals surface area contributed by atoms with Crippen LogP contribution in [0.25, 0.3) is 0 Å². The minimum Gasteiger partial charge on any atom is -0.463 e. The molecule has 0 radical (unpaired) electrons. The van der Waals surface area contributed by atoms with Gasteiger partial charge in [-0.15, -0.1) is 0 Å². The Balaban J connectivity index is 3.15. The first-order valence-electron chi connectivity index (χ1n) is 5.37. The van der Waals surface area contributed by atoms with Crippen molar-refractivity contribution < 1.29 is 22.4 Å². The number of methoxy groups -OCH3 is 1. The van der Waals surface area contributed by atoms with Gasteiger partial charge in [0.05, 0.1) is 7.11 Å². The van der Waals surface area contributed by atoms with E-state index in [2.05, 4.69) is 9.46 Å². The van der Waals surface area contributed by atoms with Crippen molar-refractivity contribution in [3.8, 4) is 0 Å². The highest BCUT2D eigenvalue weighted by molar-refractivity contribution is 7.89. The Morgan fingerprint density at radius 1 is 1.56 bits per heavy atom. The second-order valence-electron chi connectivity index (χ2n) is 3.43. The summed E-state index contributed by atoms with van der Waals surface area (Å²) in [7, 11) is -2.53. The molecule has 0 aliphatic carbocycles. The van der Waals surface area contributed by atoms with E-state index >= 15 is 0 Å². The normalized spacial score (nSPS) is 11.5. The van der Waals surface area contributed by atoms with Crippen LogP contribution in [0.15, 0.2) is 15.4 Å². The van der Waals surface area contributed by atoms with Gasteiger partial charge in [0.15, 0.2) is 0 Å². The number of rotatable bonds is 6. The molecule has 1 rings (SSSR count). The predicted molar refractivity (Wildman–Crippen MR) is 63.7 cm³/mol. The smallest absolute Gasteiger partial charge is 0.373 e. The number of nitrogens with two attached hydrogens (primary N) is 1. The zero-order chi connectivity index (χ0) is 13.8. The second kappa shape index (κ2) is 5.98. The van der Waals surface area contributed by atoms with Gasteiger partial charge in [-0.3, -0.25) is 0 Å². The van der Waals surface area contributed by atoms with Gasteiger partial charge in [0.1, 0.15) is 10.7 Å². The number of carbonyl (C=O) groups is 1. The van der Waals surface area contributed by atoms with Crippen molar-refractivity contribution in [3.05, 3.63) is 17.6 Å². The Kier molecular flexibility index (Phi) is 4.88. The number of carbonyl (C=O) groups excluding carboxylic acids is 1. The van der Waals surface area contributed by atoms with E-state index in [1.54, 1.807) is 6.92 Å². The van der Waals surface area contributed by atoms with Crippen LogP contribution < -0.4 is 10.5 Å². The summed E-state index contributed by atoms with van der Waals surface area (Å²) >= 11 is 0. The quantitative estimate of drug-likeness (QED) is 0.700. The molecule has 0 unspecified atom stereocenters. The molecule has 0 atom stereocenters. The Morgan fingerprint density at radius 2 is 2.22 bits per heavy atom. The molecule has 0 bridgehead atoms. The summed E-state index contributed by atoms with van der Waals surface area (Å²) in [5.74, 6) is -0.646. The molecule has 0 spiro atoms. The van der Waals surface area contributed by atoms with Crippen LogP contribution in [0.4, 0.5) is 0 Å². The van der Waals surface area contributed by atoms with E-state index < -0.39 is 16.0 Å². The lowest BCUT2D eigenvalue weighted by molar-refractivity contribution is 0.0563. The number of aryl methyl sites for hydroxylation is 1. The molecule has 1 aromatic heterocycles. The topological polar surface area (TPSA) is 112 Å². The maximum atomic E-state index is 11.9. The Bertz CT molecular complexity index is 520. The van der Waals surface area contributed by atoms with Gasteiger partial charge in [-0.05, 0) is 0 Å². The molecular formula is C10H16N2O5S. The predicted octanol–water partition coefficient (Wildman–Crippen LogP) is -0.134. The third-order valence-corrected chi connectivity index (χ3v) is 3.71. The Hall–Kier alpha value is -1.38. The van der Waals surface area contributed by atoms with Crippen LogP contribution in [0.1, 0.15) is 23.2 Å². The van der Waals surface area contributed by atoms with E-state index in [-0.39, 0.29) is 29.5 Å². The molecule has 0 aliphatic rings. The van der Waals surface area contributed by atoms with E-state index in [4.69, 9.17) is 10.2 Å². The van der Waals surface area contributed by atoms with Crippen LogP contribution in [-0.4, -0.2) is 34.6 Å². The molecule has 8 heteroatoms. The molecular weight excluding hydrogens is 260 g/mol. The number of ether oxygens (including phenoxy) is 1. The molecule has 0 saturated heterocycles. The molecule has 3 N–H and O–H groups in total. The van der Waals surface area contributed by atoms with Crippen molar-refractivity contribution in [2.24, 2.45) is 5.73 Å². The third-order valence-electron chi connectivity index (χ3n) is 2.20. The molecule has 0 fully saturated rings. The van der Waals surface area contributed by atoms with Gasteiger partial charge in [-0.2, -0.15) is 0 Å². The fourth-order valence-electron chi connectivity index (χ4n) is 1.36.